The topological polar surface area (TPSA) is 72.7 Å². The lowest BCUT2D eigenvalue weighted by Gasteiger charge is -2.15. The smallest absolute Gasteiger partial charge is 0.387 e. The summed E-state index contributed by atoms with van der Waals surface area (Å²) in [6.07, 6.45) is 2.46. The molecule has 7 nitrogen and oxygen atoms in total. The highest BCUT2D eigenvalue weighted by atomic mass is 19.3. The fourth-order valence-corrected chi connectivity index (χ4v) is 2.51. The molecule has 0 aliphatic rings. The Bertz CT molecular complexity index is 798. The first kappa shape index (κ1) is 22.3. The van der Waals surface area contributed by atoms with Crippen LogP contribution in [0, 0.1) is 0 Å². The van der Waals surface area contributed by atoms with Gasteiger partial charge in [0.15, 0.2) is 17.5 Å². The van der Waals surface area contributed by atoms with E-state index < -0.39 is 13.2 Å². The van der Waals surface area contributed by atoms with Gasteiger partial charge in [0.05, 0.1) is 19.7 Å². The predicted molar refractivity (Wildman–Crippen MR) is 99.4 cm³/mol. The summed E-state index contributed by atoms with van der Waals surface area (Å²) in [4.78, 5) is 8.20. The van der Waals surface area contributed by atoms with Crippen molar-refractivity contribution in [2.75, 3.05) is 13.2 Å². The van der Waals surface area contributed by atoms with Gasteiger partial charge in [0, 0.05) is 24.5 Å². The van der Waals surface area contributed by atoms with Gasteiger partial charge in [-0.2, -0.15) is 17.6 Å². The molecule has 1 aromatic carbocycles. The molecule has 11 heteroatoms. The van der Waals surface area contributed by atoms with Gasteiger partial charge >= 0.3 is 13.2 Å². The molecular formula is C18H23F4N5O2. The van der Waals surface area contributed by atoms with E-state index in [0.717, 1.165) is 4.57 Å². The van der Waals surface area contributed by atoms with Gasteiger partial charge < -0.3 is 20.1 Å². The second-order valence-electron chi connectivity index (χ2n) is 5.63. The Balaban J connectivity index is 2.17. The van der Waals surface area contributed by atoms with Crippen LogP contribution < -0.4 is 20.1 Å². The predicted octanol–water partition coefficient (Wildman–Crippen LogP) is 3.53. The second kappa shape index (κ2) is 11.1. The number of guanidine groups is 1. The van der Waals surface area contributed by atoms with Crippen LogP contribution in [0.1, 0.15) is 31.8 Å². The molecule has 0 amide bonds. The first-order chi connectivity index (χ1) is 14.0. The number of aromatic nitrogens is 2. The molecule has 2 rings (SSSR count). The first-order valence-corrected chi connectivity index (χ1v) is 8.97. The number of nitrogens with zero attached hydrogens (tertiary/aromatic N) is 3. The third kappa shape index (κ3) is 6.54. The Morgan fingerprint density at radius 1 is 1.21 bits per heavy atom. The van der Waals surface area contributed by atoms with Crippen LogP contribution in [0.25, 0.3) is 0 Å². The summed E-state index contributed by atoms with van der Waals surface area (Å²) >= 11 is 0. The van der Waals surface area contributed by atoms with Crippen LogP contribution in [-0.2, 0) is 13.1 Å². The van der Waals surface area contributed by atoms with Gasteiger partial charge in [-0.05, 0) is 19.9 Å². The number of ether oxygens (including phenoxy) is 2. The van der Waals surface area contributed by atoms with Crippen molar-refractivity contribution in [3.05, 3.63) is 42.0 Å². The summed E-state index contributed by atoms with van der Waals surface area (Å²) in [5.41, 5.74) is 0.391. The Kier molecular flexibility index (Phi) is 8.56. The molecule has 0 aliphatic carbocycles. The van der Waals surface area contributed by atoms with Gasteiger partial charge in [-0.15, -0.1) is 0 Å². The zero-order chi connectivity index (χ0) is 21.2. The van der Waals surface area contributed by atoms with E-state index >= 15 is 0 Å². The minimum atomic E-state index is -3.01. The van der Waals surface area contributed by atoms with Crippen LogP contribution in [0.4, 0.5) is 17.6 Å². The summed E-state index contributed by atoms with van der Waals surface area (Å²) in [5, 5.41) is 5.85. The molecule has 2 aromatic rings. The number of nitrogens with one attached hydrogen (secondary N) is 2. The van der Waals surface area contributed by atoms with Gasteiger partial charge in [0.1, 0.15) is 5.82 Å². The first-order valence-electron chi connectivity index (χ1n) is 8.97. The highest BCUT2D eigenvalue weighted by Crippen LogP contribution is 2.33. The lowest BCUT2D eigenvalue weighted by molar-refractivity contribution is -0.0520. The van der Waals surface area contributed by atoms with Crippen molar-refractivity contribution in [2.24, 2.45) is 4.99 Å². The standard InChI is InChI=1S/C18H23F4N5O2/c1-3-23-18(26-11-14-24-8-9-27(14)16(19)20)25-10-12-6-5-7-13(28-4-2)15(12)29-17(21)22/h5-9,16-17H,3-4,10-11H2,1-2H3,(H2,23,25,26). The van der Waals surface area contributed by atoms with E-state index in [1.54, 1.807) is 19.1 Å². The number of benzene rings is 1. The molecule has 0 spiro atoms. The molecule has 29 heavy (non-hydrogen) atoms. The summed E-state index contributed by atoms with van der Waals surface area (Å²) < 4.78 is 62.1. The van der Waals surface area contributed by atoms with Crippen molar-refractivity contribution in [3.63, 3.8) is 0 Å². The molecule has 0 aliphatic heterocycles. The van der Waals surface area contributed by atoms with Crippen molar-refractivity contribution in [2.45, 2.75) is 40.1 Å². The SMILES string of the molecule is CCNC(=NCc1cccc(OCC)c1OC(F)F)NCc1nccn1C(F)F. The van der Waals surface area contributed by atoms with E-state index in [9.17, 15) is 17.6 Å². The fourth-order valence-electron chi connectivity index (χ4n) is 2.51. The summed E-state index contributed by atoms with van der Waals surface area (Å²) in [6.45, 7) is -1.36. The minimum absolute atomic E-state index is 0.00158. The van der Waals surface area contributed by atoms with Crippen LogP contribution >= 0.6 is 0 Å². The monoisotopic (exact) mass is 417 g/mol. The number of hydrogen-bond acceptors (Lipinski definition) is 4. The number of aliphatic imine (C=N–C) groups is 1. The maximum atomic E-state index is 12.9. The number of hydrogen-bond donors (Lipinski definition) is 2. The third-order valence-corrected chi connectivity index (χ3v) is 3.69. The van der Waals surface area contributed by atoms with Gasteiger partial charge in [0.25, 0.3) is 0 Å². The minimum Gasteiger partial charge on any atom is -0.490 e. The normalized spacial score (nSPS) is 11.8. The second-order valence-corrected chi connectivity index (χ2v) is 5.63. The molecule has 0 atom stereocenters. The highest BCUT2D eigenvalue weighted by molar-refractivity contribution is 5.79. The Morgan fingerprint density at radius 2 is 2.00 bits per heavy atom. The molecule has 2 N–H and O–H groups in total. The molecule has 0 unspecified atom stereocenters. The van der Waals surface area contributed by atoms with E-state index in [-0.39, 0.29) is 37.0 Å². The maximum Gasteiger partial charge on any atom is 0.387 e. The molecule has 0 bridgehead atoms. The number of para-hydroxylation sites is 1. The number of alkyl halides is 4. The number of halogens is 4. The highest BCUT2D eigenvalue weighted by Gasteiger charge is 2.16. The zero-order valence-electron chi connectivity index (χ0n) is 16.0. The van der Waals surface area contributed by atoms with Gasteiger partial charge in [-0.3, -0.25) is 4.57 Å². The average Bonchev–Trinajstić information content (AvgIpc) is 3.15. The van der Waals surface area contributed by atoms with Crippen molar-refractivity contribution in [1.82, 2.24) is 20.2 Å². The average molecular weight is 417 g/mol. The molecule has 1 heterocycles. The van der Waals surface area contributed by atoms with Gasteiger partial charge in [-0.1, -0.05) is 12.1 Å². The third-order valence-electron chi connectivity index (χ3n) is 3.69. The lowest BCUT2D eigenvalue weighted by Crippen LogP contribution is -2.37. The summed E-state index contributed by atoms with van der Waals surface area (Å²) in [6, 6.07) is 4.77. The van der Waals surface area contributed by atoms with E-state index in [2.05, 4.69) is 25.3 Å². The summed E-state index contributed by atoms with van der Waals surface area (Å²) in [5.74, 6) is 0.543. The van der Waals surface area contributed by atoms with Crippen LogP contribution in [0.2, 0.25) is 0 Å². The Morgan fingerprint density at radius 3 is 2.66 bits per heavy atom. The van der Waals surface area contributed by atoms with Crippen LogP contribution in [-0.4, -0.2) is 35.3 Å². The van der Waals surface area contributed by atoms with Gasteiger partial charge in [0.2, 0.25) is 0 Å². The number of rotatable bonds is 10. The van der Waals surface area contributed by atoms with E-state index in [1.165, 1.54) is 18.5 Å². The van der Waals surface area contributed by atoms with Crippen molar-refractivity contribution < 1.29 is 27.0 Å². The molecule has 160 valence electrons. The molecule has 1 aromatic heterocycles. The van der Waals surface area contributed by atoms with Crippen LogP contribution in [0.5, 0.6) is 11.5 Å². The lowest BCUT2D eigenvalue weighted by atomic mass is 10.2. The molecule has 0 fully saturated rings. The fraction of sp³-hybridized carbons (Fsp3) is 0.444. The molecule has 0 saturated carbocycles. The molecule has 0 saturated heterocycles. The van der Waals surface area contributed by atoms with E-state index in [1.807, 2.05) is 6.92 Å². The summed E-state index contributed by atoms with van der Waals surface area (Å²) in [7, 11) is 0. The quantitative estimate of drug-likeness (QED) is 0.352. The van der Waals surface area contributed by atoms with Crippen LogP contribution in [0.15, 0.2) is 35.6 Å². The maximum absolute atomic E-state index is 12.9. The van der Waals surface area contributed by atoms with Crippen molar-refractivity contribution >= 4 is 5.96 Å². The Hall–Kier alpha value is -2.98. The van der Waals surface area contributed by atoms with Crippen LogP contribution in [0.3, 0.4) is 0 Å². The Labute approximate surface area is 165 Å². The van der Waals surface area contributed by atoms with Crippen molar-refractivity contribution in [3.8, 4) is 11.5 Å². The van der Waals surface area contributed by atoms with Gasteiger partial charge in [-0.25, -0.2) is 9.98 Å². The zero-order valence-corrected chi connectivity index (χ0v) is 16.0. The number of imidazole rings is 1. The molecule has 0 radical (unpaired) electrons. The van der Waals surface area contributed by atoms with E-state index in [4.69, 9.17) is 4.74 Å². The van der Waals surface area contributed by atoms with Crippen molar-refractivity contribution in [1.29, 1.82) is 0 Å². The van der Waals surface area contributed by atoms with E-state index in [0.29, 0.717) is 18.1 Å². The molecular weight excluding hydrogens is 394 g/mol. The largest absolute Gasteiger partial charge is 0.490 e.